The van der Waals surface area contributed by atoms with Crippen molar-refractivity contribution in [3.05, 3.63) is 71.4 Å². The van der Waals surface area contributed by atoms with Crippen molar-refractivity contribution < 1.29 is 9.21 Å². The predicted octanol–water partition coefficient (Wildman–Crippen LogP) is 5.60. The number of hydrogen-bond donors (Lipinski definition) is 2. The summed E-state index contributed by atoms with van der Waals surface area (Å²) in [5.41, 5.74) is 4.72. The zero-order chi connectivity index (χ0) is 18.4. The molecule has 3 aromatic heterocycles. The van der Waals surface area contributed by atoms with E-state index in [0.29, 0.717) is 10.7 Å². The molecule has 0 unspecified atom stereocenters. The van der Waals surface area contributed by atoms with Gasteiger partial charge in [-0.25, -0.2) is 4.98 Å². The topological polar surface area (TPSA) is 70.9 Å². The number of aromatic nitrogens is 2. The Hall–Kier alpha value is -3.38. The van der Waals surface area contributed by atoms with E-state index in [1.807, 2.05) is 54.8 Å². The molecule has 0 saturated carbocycles. The molecule has 132 valence electrons. The van der Waals surface area contributed by atoms with Crippen molar-refractivity contribution in [1.29, 1.82) is 0 Å². The first kappa shape index (κ1) is 15.8. The molecule has 2 aromatic carbocycles. The van der Waals surface area contributed by atoms with Crippen molar-refractivity contribution in [2.24, 2.45) is 0 Å². The number of nitrogens with zero attached hydrogens (tertiary/aromatic N) is 1. The van der Waals surface area contributed by atoms with Gasteiger partial charge in [0.05, 0.1) is 5.69 Å². The number of carbonyl (C=O) groups is 1. The molecule has 6 heteroatoms. The van der Waals surface area contributed by atoms with Crippen LogP contribution >= 0.6 is 11.3 Å². The van der Waals surface area contributed by atoms with E-state index < -0.39 is 0 Å². The highest BCUT2D eigenvalue weighted by molar-refractivity contribution is 7.14. The van der Waals surface area contributed by atoms with Crippen LogP contribution in [0.2, 0.25) is 0 Å². The molecule has 3 heterocycles. The number of aromatic amines is 1. The molecule has 2 N–H and O–H groups in total. The van der Waals surface area contributed by atoms with Crippen molar-refractivity contribution in [2.45, 2.75) is 6.92 Å². The average molecular weight is 373 g/mol. The molecule has 0 bridgehead atoms. The van der Waals surface area contributed by atoms with Gasteiger partial charge in [-0.05, 0) is 25.1 Å². The quantitative estimate of drug-likeness (QED) is 0.432. The predicted molar refractivity (Wildman–Crippen MR) is 108 cm³/mol. The van der Waals surface area contributed by atoms with Gasteiger partial charge in [-0.1, -0.05) is 36.4 Å². The molecule has 27 heavy (non-hydrogen) atoms. The Morgan fingerprint density at radius 3 is 2.85 bits per heavy atom. The number of para-hydroxylation sites is 2. The summed E-state index contributed by atoms with van der Waals surface area (Å²) in [4.78, 5) is 20.5. The molecule has 5 rings (SSSR count). The van der Waals surface area contributed by atoms with E-state index >= 15 is 0 Å². The molecule has 0 radical (unpaired) electrons. The largest absolute Gasteiger partial charge is 0.451 e. The molecule has 5 aromatic rings. The van der Waals surface area contributed by atoms with E-state index in [9.17, 15) is 4.79 Å². The summed E-state index contributed by atoms with van der Waals surface area (Å²) in [7, 11) is 0. The van der Waals surface area contributed by atoms with E-state index in [4.69, 9.17) is 4.42 Å². The SMILES string of the molecule is Cc1[nH]c2ccccc2c1-c1csc(NC(=O)c2cc3ccccc3o2)n1. The standard InChI is InChI=1S/C21H15N3O2S/c1-12-19(14-7-3-4-8-15(14)22-12)16-11-27-21(23-16)24-20(25)18-10-13-6-2-5-9-17(13)26-18/h2-11,22H,1H3,(H,23,24,25). The van der Waals surface area contributed by atoms with Gasteiger partial charge >= 0.3 is 0 Å². The minimum absolute atomic E-state index is 0.274. The van der Waals surface area contributed by atoms with Gasteiger partial charge in [0.25, 0.3) is 5.91 Å². The number of nitrogens with one attached hydrogen (secondary N) is 2. The number of benzene rings is 2. The molecule has 0 atom stereocenters. The number of carbonyl (C=O) groups excluding carboxylic acids is 1. The van der Waals surface area contributed by atoms with Crippen molar-refractivity contribution in [1.82, 2.24) is 9.97 Å². The number of anilines is 1. The Labute approximate surface area is 158 Å². The second-order valence-corrected chi connectivity index (χ2v) is 7.17. The third-order valence-corrected chi connectivity index (χ3v) is 5.28. The maximum atomic E-state index is 12.5. The molecular weight excluding hydrogens is 358 g/mol. The lowest BCUT2D eigenvalue weighted by Gasteiger charge is -1.98. The summed E-state index contributed by atoms with van der Waals surface area (Å²) in [5, 5.41) is 7.35. The maximum Gasteiger partial charge on any atom is 0.293 e. The average Bonchev–Trinajstić information content (AvgIpc) is 3.37. The Bertz CT molecular complexity index is 1260. The van der Waals surface area contributed by atoms with Crippen LogP contribution in [0.4, 0.5) is 5.13 Å². The molecule has 5 nitrogen and oxygen atoms in total. The lowest BCUT2D eigenvalue weighted by molar-refractivity contribution is 0.0998. The van der Waals surface area contributed by atoms with E-state index in [0.717, 1.165) is 33.2 Å². The number of hydrogen-bond acceptors (Lipinski definition) is 4. The molecule has 0 aliphatic heterocycles. The van der Waals surface area contributed by atoms with E-state index in [1.165, 1.54) is 11.3 Å². The highest BCUT2D eigenvalue weighted by Gasteiger charge is 2.17. The summed E-state index contributed by atoms with van der Waals surface area (Å²) >= 11 is 1.40. The number of thiazole rings is 1. The fraction of sp³-hybridized carbons (Fsp3) is 0.0476. The van der Waals surface area contributed by atoms with Crippen molar-refractivity contribution in [3.63, 3.8) is 0 Å². The fourth-order valence-electron chi connectivity index (χ4n) is 3.31. The number of fused-ring (bicyclic) bond motifs is 2. The highest BCUT2D eigenvalue weighted by atomic mass is 32.1. The number of rotatable bonds is 3. The van der Waals surface area contributed by atoms with Gasteiger partial charge in [-0.3, -0.25) is 10.1 Å². The van der Waals surface area contributed by atoms with Crippen LogP contribution in [0.1, 0.15) is 16.2 Å². The smallest absolute Gasteiger partial charge is 0.293 e. The van der Waals surface area contributed by atoms with Crippen LogP contribution in [0.3, 0.4) is 0 Å². The Morgan fingerprint density at radius 1 is 1.15 bits per heavy atom. The van der Waals surface area contributed by atoms with Gasteiger partial charge in [0.1, 0.15) is 5.58 Å². The number of amides is 1. The van der Waals surface area contributed by atoms with Gasteiger partial charge in [-0.2, -0.15) is 0 Å². The third-order valence-electron chi connectivity index (χ3n) is 4.52. The zero-order valence-corrected chi connectivity index (χ0v) is 15.3. The van der Waals surface area contributed by atoms with E-state index in [1.54, 1.807) is 6.07 Å². The van der Waals surface area contributed by atoms with E-state index in [2.05, 4.69) is 21.4 Å². The second-order valence-electron chi connectivity index (χ2n) is 6.31. The van der Waals surface area contributed by atoms with Crippen molar-refractivity contribution >= 4 is 44.2 Å². The normalized spacial score (nSPS) is 11.3. The minimum Gasteiger partial charge on any atom is -0.451 e. The Morgan fingerprint density at radius 2 is 1.96 bits per heavy atom. The van der Waals surface area contributed by atoms with Gasteiger partial charge in [0, 0.05) is 32.9 Å². The van der Waals surface area contributed by atoms with Gasteiger partial charge in [-0.15, -0.1) is 11.3 Å². The Balaban J connectivity index is 1.45. The summed E-state index contributed by atoms with van der Waals surface area (Å²) in [5.74, 6) is -0.0287. The monoisotopic (exact) mass is 373 g/mol. The van der Waals surface area contributed by atoms with Crippen LogP contribution in [0.5, 0.6) is 0 Å². The second kappa shape index (κ2) is 6.10. The van der Waals surface area contributed by atoms with Crippen LogP contribution in [0.25, 0.3) is 33.1 Å². The summed E-state index contributed by atoms with van der Waals surface area (Å²) < 4.78 is 5.62. The van der Waals surface area contributed by atoms with Gasteiger partial charge < -0.3 is 9.40 Å². The lowest BCUT2D eigenvalue weighted by Crippen LogP contribution is -2.10. The molecule has 1 amide bonds. The molecule has 0 spiro atoms. The fourth-order valence-corrected chi connectivity index (χ4v) is 4.00. The zero-order valence-electron chi connectivity index (χ0n) is 14.4. The van der Waals surface area contributed by atoms with Crippen LogP contribution in [-0.4, -0.2) is 15.9 Å². The molecule has 0 saturated heterocycles. The third kappa shape index (κ3) is 2.71. The number of H-pyrrole nitrogens is 1. The van der Waals surface area contributed by atoms with Gasteiger partial charge in [0.15, 0.2) is 10.9 Å². The Kier molecular flexibility index (Phi) is 3.58. The summed E-state index contributed by atoms with van der Waals surface area (Å²) in [6.07, 6.45) is 0. The molecule has 0 aliphatic carbocycles. The van der Waals surface area contributed by atoms with Crippen molar-refractivity contribution in [2.75, 3.05) is 5.32 Å². The number of aryl methyl sites for hydroxylation is 1. The molecule has 0 aliphatic rings. The van der Waals surface area contributed by atoms with Crippen LogP contribution in [0.15, 0.2) is 64.4 Å². The first-order chi connectivity index (χ1) is 13.2. The van der Waals surface area contributed by atoms with Crippen LogP contribution in [-0.2, 0) is 0 Å². The summed E-state index contributed by atoms with van der Waals surface area (Å²) in [6.45, 7) is 2.03. The lowest BCUT2D eigenvalue weighted by atomic mass is 10.1. The highest BCUT2D eigenvalue weighted by Crippen LogP contribution is 2.34. The van der Waals surface area contributed by atoms with Crippen LogP contribution < -0.4 is 5.32 Å². The molecular formula is C21H15N3O2S. The van der Waals surface area contributed by atoms with Crippen molar-refractivity contribution in [3.8, 4) is 11.3 Å². The van der Waals surface area contributed by atoms with Crippen LogP contribution in [0, 0.1) is 6.92 Å². The first-order valence-electron chi connectivity index (χ1n) is 8.52. The van der Waals surface area contributed by atoms with E-state index in [-0.39, 0.29) is 11.7 Å². The minimum atomic E-state index is -0.303. The first-order valence-corrected chi connectivity index (χ1v) is 9.40. The number of furan rings is 1. The van der Waals surface area contributed by atoms with Gasteiger partial charge in [0.2, 0.25) is 0 Å². The summed E-state index contributed by atoms with van der Waals surface area (Å²) in [6, 6.07) is 17.4. The maximum absolute atomic E-state index is 12.5. The molecule has 0 fully saturated rings.